The number of nitrogens with zero attached hydrogens (tertiary/aromatic N) is 2. The maximum atomic E-state index is 6.30. The summed E-state index contributed by atoms with van der Waals surface area (Å²) in [5.41, 5.74) is 6.55. The fraction of sp³-hybridized carbons (Fsp3) is 1.00. The average Bonchev–Trinajstić information content (AvgIpc) is 2.71. The number of nitrogens with two attached hydrogens (primary N) is 1. The quantitative estimate of drug-likeness (QED) is 0.865. The van der Waals surface area contributed by atoms with E-state index in [4.69, 9.17) is 5.73 Å². The summed E-state index contributed by atoms with van der Waals surface area (Å²) in [7, 11) is 2.36. The SMILES string of the molecule is CC1CCC(N(C)C2(CN)CCCN(C(C)C)CC2)CC1. The first-order chi connectivity index (χ1) is 9.98. The highest BCUT2D eigenvalue weighted by molar-refractivity contribution is 4.97. The fourth-order valence-electron chi connectivity index (χ4n) is 4.43. The van der Waals surface area contributed by atoms with Gasteiger partial charge in [-0.3, -0.25) is 4.90 Å². The molecule has 3 nitrogen and oxygen atoms in total. The minimum absolute atomic E-state index is 0.245. The zero-order valence-electron chi connectivity index (χ0n) is 14.8. The van der Waals surface area contributed by atoms with Crippen molar-refractivity contribution in [1.29, 1.82) is 0 Å². The summed E-state index contributed by atoms with van der Waals surface area (Å²) >= 11 is 0. The summed E-state index contributed by atoms with van der Waals surface area (Å²) in [5, 5.41) is 0. The van der Waals surface area contributed by atoms with Gasteiger partial charge < -0.3 is 10.6 Å². The molecule has 1 aliphatic heterocycles. The van der Waals surface area contributed by atoms with Gasteiger partial charge >= 0.3 is 0 Å². The van der Waals surface area contributed by atoms with Gasteiger partial charge in [-0.05, 0) is 78.3 Å². The Morgan fingerprint density at radius 3 is 2.38 bits per heavy atom. The van der Waals surface area contributed by atoms with E-state index in [9.17, 15) is 0 Å². The molecule has 2 fully saturated rings. The first kappa shape index (κ1) is 17.2. The van der Waals surface area contributed by atoms with E-state index in [1.54, 1.807) is 0 Å². The Bertz CT molecular complexity index is 310. The van der Waals surface area contributed by atoms with Crippen LogP contribution in [0.2, 0.25) is 0 Å². The molecule has 0 amide bonds. The van der Waals surface area contributed by atoms with Crippen molar-refractivity contribution < 1.29 is 0 Å². The molecule has 0 spiro atoms. The Labute approximate surface area is 132 Å². The van der Waals surface area contributed by atoms with Crippen molar-refractivity contribution >= 4 is 0 Å². The van der Waals surface area contributed by atoms with E-state index < -0.39 is 0 Å². The van der Waals surface area contributed by atoms with Gasteiger partial charge in [-0.1, -0.05) is 6.92 Å². The van der Waals surface area contributed by atoms with Gasteiger partial charge in [-0.15, -0.1) is 0 Å². The van der Waals surface area contributed by atoms with Crippen LogP contribution in [0.3, 0.4) is 0 Å². The van der Waals surface area contributed by atoms with E-state index in [-0.39, 0.29) is 5.54 Å². The summed E-state index contributed by atoms with van der Waals surface area (Å²) in [6.45, 7) is 10.3. The Kier molecular flexibility index (Phi) is 6.10. The number of likely N-dealkylation sites (N-methyl/N-ethyl adjacent to an activating group) is 1. The summed E-state index contributed by atoms with van der Waals surface area (Å²) in [6.07, 6.45) is 9.34. The summed E-state index contributed by atoms with van der Waals surface area (Å²) < 4.78 is 0. The van der Waals surface area contributed by atoms with Crippen LogP contribution < -0.4 is 5.73 Å². The lowest BCUT2D eigenvalue weighted by molar-refractivity contribution is 0.0384. The molecular formula is C18H37N3. The van der Waals surface area contributed by atoms with Gasteiger partial charge in [-0.2, -0.15) is 0 Å². The van der Waals surface area contributed by atoms with Gasteiger partial charge in [0.1, 0.15) is 0 Å². The van der Waals surface area contributed by atoms with Gasteiger partial charge in [0, 0.05) is 30.7 Å². The Hall–Kier alpha value is -0.120. The molecule has 21 heavy (non-hydrogen) atoms. The minimum atomic E-state index is 0.245. The monoisotopic (exact) mass is 295 g/mol. The van der Waals surface area contributed by atoms with E-state index in [1.807, 2.05) is 0 Å². The van der Waals surface area contributed by atoms with Crippen LogP contribution in [-0.4, -0.2) is 54.1 Å². The van der Waals surface area contributed by atoms with Crippen molar-refractivity contribution in [3.05, 3.63) is 0 Å². The largest absolute Gasteiger partial charge is 0.329 e. The molecule has 1 aliphatic carbocycles. The van der Waals surface area contributed by atoms with Crippen molar-refractivity contribution in [2.24, 2.45) is 11.7 Å². The average molecular weight is 296 g/mol. The van der Waals surface area contributed by atoms with Crippen LogP contribution in [0.25, 0.3) is 0 Å². The Morgan fingerprint density at radius 2 is 1.81 bits per heavy atom. The standard InChI is InChI=1S/C18H37N3/c1-15(2)21-12-5-10-18(14-19,11-13-21)20(4)17-8-6-16(3)7-9-17/h15-17H,5-14,19H2,1-4H3. The molecule has 0 aromatic heterocycles. The first-order valence-corrected chi connectivity index (χ1v) is 9.15. The molecule has 0 bridgehead atoms. The second-order valence-electron chi connectivity index (χ2n) is 7.94. The van der Waals surface area contributed by atoms with Gasteiger partial charge in [0.2, 0.25) is 0 Å². The highest BCUT2D eigenvalue weighted by Crippen LogP contribution is 2.35. The van der Waals surface area contributed by atoms with Gasteiger partial charge in [0.15, 0.2) is 0 Å². The predicted molar refractivity (Wildman–Crippen MR) is 91.5 cm³/mol. The molecule has 124 valence electrons. The smallest absolute Gasteiger partial charge is 0.0344 e. The first-order valence-electron chi connectivity index (χ1n) is 9.15. The summed E-state index contributed by atoms with van der Waals surface area (Å²) in [6, 6.07) is 1.43. The van der Waals surface area contributed by atoms with Crippen LogP contribution in [0.15, 0.2) is 0 Å². The Morgan fingerprint density at radius 1 is 1.14 bits per heavy atom. The second-order valence-corrected chi connectivity index (χ2v) is 7.94. The van der Waals surface area contributed by atoms with Crippen LogP contribution in [0.5, 0.6) is 0 Å². The van der Waals surface area contributed by atoms with Gasteiger partial charge in [-0.25, -0.2) is 0 Å². The third kappa shape index (κ3) is 4.00. The topological polar surface area (TPSA) is 32.5 Å². The van der Waals surface area contributed by atoms with Crippen LogP contribution >= 0.6 is 0 Å². The molecular weight excluding hydrogens is 258 g/mol. The molecule has 3 heteroatoms. The Balaban J connectivity index is 2.02. The molecule has 0 aromatic rings. The maximum Gasteiger partial charge on any atom is 0.0344 e. The van der Waals surface area contributed by atoms with Crippen LogP contribution in [0, 0.1) is 5.92 Å². The molecule has 2 rings (SSSR count). The van der Waals surface area contributed by atoms with Crippen molar-refractivity contribution in [3.63, 3.8) is 0 Å². The maximum absolute atomic E-state index is 6.30. The van der Waals surface area contributed by atoms with E-state index in [0.717, 1.165) is 18.5 Å². The van der Waals surface area contributed by atoms with E-state index in [0.29, 0.717) is 6.04 Å². The summed E-state index contributed by atoms with van der Waals surface area (Å²) in [4.78, 5) is 5.33. The van der Waals surface area contributed by atoms with Crippen molar-refractivity contribution in [1.82, 2.24) is 9.80 Å². The van der Waals surface area contributed by atoms with Gasteiger partial charge in [0.05, 0.1) is 0 Å². The molecule has 1 saturated heterocycles. The number of rotatable bonds is 4. The fourth-order valence-corrected chi connectivity index (χ4v) is 4.43. The molecule has 2 aliphatic rings. The molecule has 0 radical (unpaired) electrons. The summed E-state index contributed by atoms with van der Waals surface area (Å²) in [5.74, 6) is 0.925. The number of likely N-dealkylation sites (tertiary alicyclic amines) is 1. The normalized spacial score (nSPS) is 36.1. The van der Waals surface area contributed by atoms with Crippen LogP contribution in [-0.2, 0) is 0 Å². The van der Waals surface area contributed by atoms with E-state index in [2.05, 4.69) is 37.6 Å². The zero-order valence-corrected chi connectivity index (χ0v) is 14.8. The molecule has 1 heterocycles. The minimum Gasteiger partial charge on any atom is -0.329 e. The van der Waals surface area contributed by atoms with Crippen LogP contribution in [0.4, 0.5) is 0 Å². The lowest BCUT2D eigenvalue weighted by Crippen LogP contribution is -2.57. The highest BCUT2D eigenvalue weighted by Gasteiger charge is 2.39. The number of hydrogen-bond acceptors (Lipinski definition) is 3. The number of hydrogen-bond donors (Lipinski definition) is 1. The van der Waals surface area contributed by atoms with Gasteiger partial charge in [0.25, 0.3) is 0 Å². The van der Waals surface area contributed by atoms with E-state index >= 15 is 0 Å². The molecule has 1 unspecified atom stereocenters. The lowest BCUT2D eigenvalue weighted by atomic mass is 9.82. The molecule has 1 atom stereocenters. The zero-order chi connectivity index (χ0) is 15.5. The molecule has 0 aromatic carbocycles. The van der Waals surface area contributed by atoms with Crippen molar-refractivity contribution in [2.45, 2.75) is 83.3 Å². The van der Waals surface area contributed by atoms with Crippen LogP contribution in [0.1, 0.15) is 65.7 Å². The highest BCUT2D eigenvalue weighted by atomic mass is 15.2. The molecule has 2 N–H and O–H groups in total. The second kappa shape index (κ2) is 7.43. The lowest BCUT2D eigenvalue weighted by Gasteiger charge is -2.47. The van der Waals surface area contributed by atoms with Crippen molar-refractivity contribution in [3.8, 4) is 0 Å². The molecule has 1 saturated carbocycles. The van der Waals surface area contributed by atoms with Crippen molar-refractivity contribution in [2.75, 3.05) is 26.7 Å². The third-order valence-electron chi connectivity index (χ3n) is 6.34. The van der Waals surface area contributed by atoms with E-state index in [1.165, 1.54) is 58.0 Å². The third-order valence-corrected chi connectivity index (χ3v) is 6.34. The predicted octanol–water partition coefficient (Wildman–Crippen LogP) is 3.09.